The summed E-state index contributed by atoms with van der Waals surface area (Å²) in [6.07, 6.45) is 2.98. The summed E-state index contributed by atoms with van der Waals surface area (Å²) in [5, 5.41) is 13.3. The van der Waals surface area contributed by atoms with Crippen LogP contribution in [0.15, 0.2) is 35.7 Å². The maximum Gasteiger partial charge on any atom is 0.309 e. The number of nitrogens with zero attached hydrogens (tertiary/aromatic N) is 1. The number of nitrogens with one attached hydrogen (secondary N) is 1. The van der Waals surface area contributed by atoms with E-state index in [-0.39, 0.29) is 12.3 Å². The number of benzene rings is 1. The Labute approximate surface area is 126 Å². The molecule has 2 N–H and O–H groups in total. The molecule has 2 aromatic rings. The van der Waals surface area contributed by atoms with Gasteiger partial charge in [-0.25, -0.2) is 4.98 Å². The van der Waals surface area contributed by atoms with Crippen molar-refractivity contribution in [3.05, 3.63) is 52.5 Å². The molecule has 0 saturated heterocycles. The van der Waals surface area contributed by atoms with E-state index in [1.165, 1.54) is 17.4 Å². The van der Waals surface area contributed by atoms with E-state index in [1.54, 1.807) is 11.5 Å². The molecule has 0 radical (unpaired) electrons. The zero-order valence-electron chi connectivity index (χ0n) is 11.4. The van der Waals surface area contributed by atoms with E-state index in [0.29, 0.717) is 10.8 Å². The first-order chi connectivity index (χ1) is 10.0. The Hall–Kier alpha value is -2.47. The molecule has 2 rings (SSSR count). The van der Waals surface area contributed by atoms with Gasteiger partial charge in [0.15, 0.2) is 5.13 Å². The third kappa shape index (κ3) is 4.85. The fraction of sp³-hybridized carbons (Fsp3) is 0.133. The lowest BCUT2D eigenvalue weighted by Gasteiger charge is -1.97. The molecule has 1 aromatic carbocycles. The molecule has 21 heavy (non-hydrogen) atoms. The van der Waals surface area contributed by atoms with Crippen LogP contribution in [0.5, 0.6) is 0 Å². The summed E-state index contributed by atoms with van der Waals surface area (Å²) in [5.41, 5.74) is 2.53. The van der Waals surface area contributed by atoms with E-state index in [9.17, 15) is 9.59 Å². The summed E-state index contributed by atoms with van der Waals surface area (Å²) < 4.78 is 0. The van der Waals surface area contributed by atoms with Crippen LogP contribution >= 0.6 is 11.3 Å². The van der Waals surface area contributed by atoms with Gasteiger partial charge < -0.3 is 5.11 Å². The average Bonchev–Trinajstić information content (AvgIpc) is 2.84. The lowest BCUT2D eigenvalue weighted by molar-refractivity contribution is -0.136. The number of aryl methyl sites for hydroxylation is 1. The van der Waals surface area contributed by atoms with E-state index in [2.05, 4.69) is 10.3 Å². The van der Waals surface area contributed by atoms with Gasteiger partial charge in [0.1, 0.15) is 0 Å². The van der Waals surface area contributed by atoms with Crippen molar-refractivity contribution in [1.29, 1.82) is 0 Å². The van der Waals surface area contributed by atoms with Crippen LogP contribution in [0.4, 0.5) is 5.13 Å². The van der Waals surface area contributed by atoms with Crippen LogP contribution < -0.4 is 5.32 Å². The predicted octanol–water partition coefficient (Wildman–Crippen LogP) is 2.73. The number of hydrogen-bond donors (Lipinski definition) is 2. The molecule has 0 spiro atoms. The molecule has 0 aliphatic rings. The molecular weight excluding hydrogens is 288 g/mol. The molecule has 0 aliphatic carbocycles. The number of thiazole rings is 1. The molecule has 0 fully saturated rings. The van der Waals surface area contributed by atoms with E-state index >= 15 is 0 Å². The second-order valence-electron chi connectivity index (χ2n) is 4.45. The van der Waals surface area contributed by atoms with Crippen molar-refractivity contribution in [2.45, 2.75) is 13.3 Å². The van der Waals surface area contributed by atoms with Crippen molar-refractivity contribution in [2.75, 3.05) is 5.32 Å². The van der Waals surface area contributed by atoms with Crippen LogP contribution in [0.1, 0.15) is 16.8 Å². The number of hydrogen-bond acceptors (Lipinski definition) is 4. The van der Waals surface area contributed by atoms with Gasteiger partial charge >= 0.3 is 5.97 Å². The number of aliphatic carboxylic acids is 1. The molecule has 0 bridgehead atoms. The summed E-state index contributed by atoms with van der Waals surface area (Å²) in [7, 11) is 0. The van der Waals surface area contributed by atoms with Gasteiger partial charge in [-0.2, -0.15) is 0 Å². The van der Waals surface area contributed by atoms with E-state index in [4.69, 9.17) is 5.11 Å². The average molecular weight is 302 g/mol. The highest BCUT2D eigenvalue weighted by atomic mass is 32.1. The first-order valence-electron chi connectivity index (χ1n) is 6.25. The molecule has 0 saturated carbocycles. The minimum Gasteiger partial charge on any atom is -0.481 e. The standard InChI is InChI=1S/C15H14N2O3S/c1-10-2-4-11(5-3-10)6-7-13(18)17-15-16-12(9-21-15)8-14(19)20/h2-7,9H,8H2,1H3,(H,19,20)(H,16,17,18)/b7-6+. The number of carbonyl (C=O) groups excluding carboxylic acids is 1. The van der Waals surface area contributed by atoms with Crippen molar-refractivity contribution in [1.82, 2.24) is 4.98 Å². The van der Waals surface area contributed by atoms with Crippen LogP contribution in [-0.2, 0) is 16.0 Å². The Morgan fingerprint density at radius 3 is 2.71 bits per heavy atom. The fourth-order valence-electron chi connectivity index (χ4n) is 1.60. The van der Waals surface area contributed by atoms with Gasteiger partial charge in [0, 0.05) is 11.5 Å². The quantitative estimate of drug-likeness (QED) is 0.832. The maximum absolute atomic E-state index is 11.7. The number of carboxylic acids is 1. The van der Waals surface area contributed by atoms with Crippen molar-refractivity contribution in [3.8, 4) is 0 Å². The zero-order valence-corrected chi connectivity index (χ0v) is 12.2. The van der Waals surface area contributed by atoms with Crippen molar-refractivity contribution in [3.63, 3.8) is 0 Å². The van der Waals surface area contributed by atoms with Crippen molar-refractivity contribution < 1.29 is 14.7 Å². The first-order valence-corrected chi connectivity index (χ1v) is 7.13. The van der Waals surface area contributed by atoms with Gasteiger partial charge in [-0.1, -0.05) is 29.8 Å². The second kappa shape index (κ2) is 6.81. The summed E-state index contributed by atoms with van der Waals surface area (Å²) in [6.45, 7) is 2.00. The molecule has 5 nitrogen and oxygen atoms in total. The highest BCUT2D eigenvalue weighted by Crippen LogP contribution is 2.16. The normalized spacial score (nSPS) is 10.7. The minimum absolute atomic E-state index is 0.147. The Morgan fingerprint density at radius 1 is 1.33 bits per heavy atom. The smallest absolute Gasteiger partial charge is 0.309 e. The predicted molar refractivity (Wildman–Crippen MR) is 82.3 cm³/mol. The van der Waals surface area contributed by atoms with Crippen molar-refractivity contribution >= 4 is 34.4 Å². The summed E-state index contributed by atoms with van der Waals surface area (Å²) in [4.78, 5) is 26.3. The van der Waals surface area contributed by atoms with Crippen LogP contribution in [0.25, 0.3) is 6.08 Å². The van der Waals surface area contributed by atoms with Gasteiger partial charge in [-0.05, 0) is 18.6 Å². The van der Waals surface area contributed by atoms with Crippen LogP contribution in [0, 0.1) is 6.92 Å². The van der Waals surface area contributed by atoms with Crippen LogP contribution in [0.3, 0.4) is 0 Å². The first kappa shape index (κ1) is 14.9. The van der Waals surface area contributed by atoms with Crippen LogP contribution in [-0.4, -0.2) is 22.0 Å². The maximum atomic E-state index is 11.7. The summed E-state index contributed by atoms with van der Waals surface area (Å²) >= 11 is 1.20. The largest absolute Gasteiger partial charge is 0.481 e. The van der Waals surface area contributed by atoms with Gasteiger partial charge in [0.05, 0.1) is 12.1 Å². The molecule has 0 atom stereocenters. The Bertz CT molecular complexity index is 674. The molecular formula is C15H14N2O3S. The zero-order chi connectivity index (χ0) is 15.2. The number of carboxylic acid groups (broad SMARTS) is 1. The number of aromatic nitrogens is 1. The lowest BCUT2D eigenvalue weighted by Crippen LogP contribution is -2.08. The fourth-order valence-corrected chi connectivity index (χ4v) is 2.31. The summed E-state index contributed by atoms with van der Waals surface area (Å²) in [6, 6.07) is 7.79. The highest BCUT2D eigenvalue weighted by Gasteiger charge is 2.07. The number of carbonyl (C=O) groups is 2. The van der Waals surface area contributed by atoms with E-state index in [0.717, 1.165) is 11.1 Å². The lowest BCUT2D eigenvalue weighted by atomic mass is 10.1. The van der Waals surface area contributed by atoms with Gasteiger partial charge in [-0.3, -0.25) is 14.9 Å². The third-order valence-electron chi connectivity index (χ3n) is 2.62. The molecule has 6 heteroatoms. The Kier molecular flexibility index (Phi) is 4.84. The van der Waals surface area contributed by atoms with E-state index in [1.807, 2.05) is 31.2 Å². The third-order valence-corrected chi connectivity index (χ3v) is 3.43. The van der Waals surface area contributed by atoms with Crippen molar-refractivity contribution in [2.24, 2.45) is 0 Å². The molecule has 108 valence electrons. The molecule has 1 heterocycles. The molecule has 0 aliphatic heterocycles. The molecule has 1 amide bonds. The number of anilines is 1. The number of amides is 1. The van der Waals surface area contributed by atoms with Gasteiger partial charge in [-0.15, -0.1) is 11.3 Å². The minimum atomic E-state index is -0.947. The second-order valence-corrected chi connectivity index (χ2v) is 5.31. The monoisotopic (exact) mass is 302 g/mol. The topological polar surface area (TPSA) is 79.3 Å². The highest BCUT2D eigenvalue weighted by molar-refractivity contribution is 7.14. The summed E-state index contributed by atoms with van der Waals surface area (Å²) in [5.74, 6) is -1.25. The Balaban J connectivity index is 1.93. The van der Waals surface area contributed by atoms with E-state index < -0.39 is 5.97 Å². The SMILES string of the molecule is Cc1ccc(/C=C/C(=O)Nc2nc(CC(=O)O)cs2)cc1. The van der Waals surface area contributed by atoms with Gasteiger partial charge in [0.25, 0.3) is 0 Å². The van der Waals surface area contributed by atoms with Gasteiger partial charge in [0.2, 0.25) is 5.91 Å². The Morgan fingerprint density at radius 2 is 2.05 bits per heavy atom. The molecule has 0 unspecified atom stereocenters. The molecule has 1 aromatic heterocycles. The van der Waals surface area contributed by atoms with Crippen LogP contribution in [0.2, 0.25) is 0 Å². The number of rotatable bonds is 5.